The van der Waals surface area contributed by atoms with Crippen LogP contribution in [0.1, 0.15) is 19.3 Å². The molecule has 20 heavy (non-hydrogen) atoms. The molecule has 1 aliphatic heterocycles. The van der Waals surface area contributed by atoms with E-state index in [1.54, 1.807) is 7.11 Å². The van der Waals surface area contributed by atoms with Gasteiger partial charge < -0.3 is 24.4 Å². The number of carbonyl (C=O) groups excluding carboxylic acids is 1. The van der Waals surface area contributed by atoms with Crippen molar-refractivity contribution in [3.8, 4) is 0 Å². The highest BCUT2D eigenvalue weighted by molar-refractivity contribution is 5.76. The molecule has 6 nitrogen and oxygen atoms in total. The summed E-state index contributed by atoms with van der Waals surface area (Å²) < 4.78 is 15.5. The highest BCUT2D eigenvalue weighted by Gasteiger charge is 2.16. The fraction of sp³-hybridized carbons (Fsp3) is 0.929. The minimum Gasteiger partial charge on any atom is -0.382 e. The first-order valence-corrected chi connectivity index (χ1v) is 7.47. The second kappa shape index (κ2) is 12.1. The van der Waals surface area contributed by atoms with E-state index in [9.17, 15) is 4.79 Å². The Bertz CT molecular complexity index is 245. The van der Waals surface area contributed by atoms with Crippen LogP contribution in [-0.2, 0) is 19.0 Å². The Morgan fingerprint density at radius 3 is 2.35 bits per heavy atom. The van der Waals surface area contributed by atoms with Crippen LogP contribution in [0.5, 0.6) is 0 Å². The Kier molecular flexibility index (Phi) is 10.5. The summed E-state index contributed by atoms with van der Waals surface area (Å²) in [5.74, 6) is 0.266. The Balaban J connectivity index is 1.77. The Morgan fingerprint density at radius 1 is 1.00 bits per heavy atom. The third-order valence-electron chi connectivity index (χ3n) is 3.20. The van der Waals surface area contributed by atoms with Crippen molar-refractivity contribution in [2.45, 2.75) is 19.3 Å². The minimum absolute atomic E-state index is 0.266. The van der Waals surface area contributed by atoms with E-state index < -0.39 is 0 Å². The van der Waals surface area contributed by atoms with E-state index in [0.717, 1.165) is 39.0 Å². The first kappa shape index (κ1) is 17.4. The highest BCUT2D eigenvalue weighted by Crippen LogP contribution is 2.08. The topological polar surface area (TPSA) is 60.0 Å². The smallest absolute Gasteiger partial charge is 0.223 e. The molecule has 0 atom stereocenters. The van der Waals surface area contributed by atoms with E-state index in [0.29, 0.717) is 39.5 Å². The molecule has 6 heteroatoms. The van der Waals surface area contributed by atoms with Crippen molar-refractivity contribution in [3.05, 3.63) is 0 Å². The molecule has 0 bridgehead atoms. The maximum atomic E-state index is 11.7. The van der Waals surface area contributed by atoms with Crippen molar-refractivity contribution in [3.63, 3.8) is 0 Å². The molecule has 0 aromatic heterocycles. The van der Waals surface area contributed by atoms with Crippen molar-refractivity contribution >= 4 is 5.91 Å². The highest BCUT2D eigenvalue weighted by atomic mass is 16.5. The summed E-state index contributed by atoms with van der Waals surface area (Å²) in [5, 5.41) is 3.22. The van der Waals surface area contributed by atoms with E-state index >= 15 is 0 Å². The van der Waals surface area contributed by atoms with Gasteiger partial charge in [0, 0.05) is 39.7 Å². The van der Waals surface area contributed by atoms with E-state index in [1.165, 1.54) is 0 Å². The van der Waals surface area contributed by atoms with Crippen LogP contribution in [0.2, 0.25) is 0 Å². The molecule has 1 rings (SSSR count). The van der Waals surface area contributed by atoms with Crippen LogP contribution in [0, 0.1) is 0 Å². The minimum atomic E-state index is 0.266. The van der Waals surface area contributed by atoms with Gasteiger partial charge in [-0.1, -0.05) is 0 Å². The van der Waals surface area contributed by atoms with Crippen molar-refractivity contribution in [1.29, 1.82) is 0 Å². The van der Waals surface area contributed by atoms with Gasteiger partial charge in [-0.25, -0.2) is 0 Å². The van der Waals surface area contributed by atoms with Gasteiger partial charge in [-0.2, -0.15) is 0 Å². The number of amides is 1. The molecule has 0 saturated carbocycles. The Hall–Kier alpha value is -0.690. The lowest BCUT2D eigenvalue weighted by molar-refractivity contribution is -0.130. The van der Waals surface area contributed by atoms with Crippen LogP contribution < -0.4 is 5.32 Å². The summed E-state index contributed by atoms with van der Waals surface area (Å²) in [6.07, 6.45) is 2.89. The average Bonchev–Trinajstić information content (AvgIpc) is 2.99. The lowest BCUT2D eigenvalue weighted by Crippen LogP contribution is -2.31. The van der Waals surface area contributed by atoms with Gasteiger partial charge in [0.25, 0.3) is 0 Å². The molecule has 0 spiro atoms. The summed E-state index contributed by atoms with van der Waals surface area (Å²) in [7, 11) is 1.65. The van der Waals surface area contributed by atoms with E-state index in [4.69, 9.17) is 14.2 Å². The maximum absolute atomic E-state index is 11.7. The number of rotatable bonds is 12. The zero-order chi connectivity index (χ0) is 14.5. The molecular weight excluding hydrogens is 260 g/mol. The van der Waals surface area contributed by atoms with E-state index in [1.807, 2.05) is 4.90 Å². The monoisotopic (exact) mass is 288 g/mol. The number of likely N-dealkylation sites (tertiary alicyclic amines) is 1. The molecule has 0 aliphatic carbocycles. The predicted octanol–water partition coefficient (Wildman–Crippen LogP) is 0.268. The molecule has 1 amide bonds. The van der Waals surface area contributed by atoms with Gasteiger partial charge in [0.1, 0.15) is 0 Å². The van der Waals surface area contributed by atoms with Crippen molar-refractivity contribution < 1.29 is 19.0 Å². The quantitative estimate of drug-likeness (QED) is 0.522. The molecule has 0 aromatic rings. The number of nitrogens with zero attached hydrogens (tertiary/aromatic N) is 1. The third kappa shape index (κ3) is 8.47. The van der Waals surface area contributed by atoms with Gasteiger partial charge >= 0.3 is 0 Å². The van der Waals surface area contributed by atoms with E-state index in [-0.39, 0.29) is 5.91 Å². The molecule has 0 unspecified atom stereocenters. The first-order chi connectivity index (χ1) is 9.84. The molecule has 1 heterocycles. The SMILES string of the molecule is COCCOCCOCCNCCC(=O)N1CCCC1. The van der Waals surface area contributed by atoms with Crippen LogP contribution in [0.15, 0.2) is 0 Å². The predicted molar refractivity (Wildman–Crippen MR) is 76.8 cm³/mol. The van der Waals surface area contributed by atoms with Crippen molar-refractivity contribution in [2.24, 2.45) is 0 Å². The van der Waals surface area contributed by atoms with Gasteiger partial charge in [0.05, 0.1) is 33.0 Å². The third-order valence-corrected chi connectivity index (χ3v) is 3.20. The summed E-state index contributed by atoms with van der Waals surface area (Å²) in [5.41, 5.74) is 0. The maximum Gasteiger partial charge on any atom is 0.223 e. The first-order valence-electron chi connectivity index (χ1n) is 7.47. The van der Waals surface area contributed by atoms with Gasteiger partial charge in [0.15, 0.2) is 0 Å². The van der Waals surface area contributed by atoms with Crippen LogP contribution in [0.4, 0.5) is 0 Å². The zero-order valence-corrected chi connectivity index (χ0v) is 12.6. The van der Waals surface area contributed by atoms with Crippen LogP contribution in [-0.4, -0.2) is 77.1 Å². The number of carbonyl (C=O) groups is 1. The lowest BCUT2D eigenvalue weighted by atomic mass is 10.3. The molecule has 1 aliphatic rings. The number of methoxy groups -OCH3 is 1. The molecular formula is C14H28N2O4. The van der Waals surface area contributed by atoms with Crippen molar-refractivity contribution in [1.82, 2.24) is 10.2 Å². The standard InChI is InChI=1S/C14H28N2O4/c1-18-10-11-20-13-12-19-9-6-15-5-4-14(17)16-7-2-3-8-16/h15H,2-13H2,1H3. The summed E-state index contributed by atoms with van der Waals surface area (Å²) in [6, 6.07) is 0. The normalized spacial score (nSPS) is 14.9. The van der Waals surface area contributed by atoms with E-state index in [2.05, 4.69) is 5.32 Å². The fourth-order valence-corrected chi connectivity index (χ4v) is 2.05. The fourth-order valence-electron chi connectivity index (χ4n) is 2.05. The molecule has 0 aromatic carbocycles. The average molecular weight is 288 g/mol. The Labute approximate surface area is 121 Å². The number of hydrogen-bond acceptors (Lipinski definition) is 5. The van der Waals surface area contributed by atoms with Crippen LogP contribution in [0.25, 0.3) is 0 Å². The van der Waals surface area contributed by atoms with Crippen molar-refractivity contribution in [2.75, 3.05) is 66.3 Å². The lowest BCUT2D eigenvalue weighted by Gasteiger charge is -2.15. The van der Waals surface area contributed by atoms with Gasteiger partial charge in [-0.05, 0) is 12.8 Å². The summed E-state index contributed by atoms with van der Waals surface area (Å²) in [6.45, 7) is 6.42. The number of hydrogen-bond donors (Lipinski definition) is 1. The second-order valence-electron chi connectivity index (χ2n) is 4.81. The summed E-state index contributed by atoms with van der Waals surface area (Å²) >= 11 is 0. The Morgan fingerprint density at radius 2 is 1.65 bits per heavy atom. The second-order valence-corrected chi connectivity index (χ2v) is 4.81. The molecule has 118 valence electrons. The number of ether oxygens (including phenoxy) is 3. The van der Waals surface area contributed by atoms with Gasteiger partial charge in [0.2, 0.25) is 5.91 Å². The van der Waals surface area contributed by atoms with Crippen LogP contribution >= 0.6 is 0 Å². The molecule has 1 N–H and O–H groups in total. The molecule has 0 radical (unpaired) electrons. The van der Waals surface area contributed by atoms with Crippen LogP contribution in [0.3, 0.4) is 0 Å². The molecule has 1 fully saturated rings. The zero-order valence-electron chi connectivity index (χ0n) is 12.6. The largest absolute Gasteiger partial charge is 0.382 e. The molecule has 1 saturated heterocycles. The van der Waals surface area contributed by atoms with Gasteiger partial charge in [-0.3, -0.25) is 4.79 Å². The van der Waals surface area contributed by atoms with Gasteiger partial charge in [-0.15, -0.1) is 0 Å². The number of nitrogens with one attached hydrogen (secondary N) is 1. The summed E-state index contributed by atoms with van der Waals surface area (Å²) in [4.78, 5) is 13.7.